The lowest BCUT2D eigenvalue weighted by Gasteiger charge is -2.03. The van der Waals surface area contributed by atoms with Crippen LogP contribution in [0.1, 0.15) is 17.0 Å². The maximum absolute atomic E-state index is 6.97. The summed E-state index contributed by atoms with van der Waals surface area (Å²) in [5, 5.41) is 11.3. The molecule has 5 heteroatoms. The zero-order valence-electron chi connectivity index (χ0n) is 9.23. The van der Waals surface area contributed by atoms with Crippen LogP contribution in [0.2, 0.25) is 0 Å². The minimum Gasteiger partial charge on any atom is -0.397 e. The van der Waals surface area contributed by atoms with Crippen LogP contribution in [0, 0.1) is 19.3 Å². The number of fused-ring (bicyclic) bond motifs is 1. The number of allylic oxidation sites excluding steroid dienone is 1. The molecule has 2 rings (SSSR count). The first kappa shape index (κ1) is 10.4. The molecule has 0 aliphatic carbocycles. The second kappa shape index (κ2) is 3.77. The van der Waals surface area contributed by atoms with Crippen LogP contribution < -0.4 is 5.73 Å². The maximum atomic E-state index is 6.97. The zero-order chi connectivity index (χ0) is 11.7. The van der Waals surface area contributed by atoms with E-state index in [0.29, 0.717) is 11.4 Å². The molecule has 16 heavy (non-hydrogen) atoms. The van der Waals surface area contributed by atoms with Gasteiger partial charge in [0.2, 0.25) is 0 Å². The molecule has 2 heterocycles. The SMILES string of the molecule is Cc1cn2nc(/C(N)=C/C=N)cc(C)c2n1. The Kier molecular flexibility index (Phi) is 2.44. The summed E-state index contributed by atoms with van der Waals surface area (Å²) in [6.07, 6.45) is 4.51. The van der Waals surface area contributed by atoms with E-state index in [1.165, 1.54) is 6.08 Å². The van der Waals surface area contributed by atoms with Gasteiger partial charge < -0.3 is 11.1 Å². The predicted molar refractivity (Wildman–Crippen MR) is 63.4 cm³/mol. The minimum atomic E-state index is 0.478. The number of nitrogens with one attached hydrogen (secondary N) is 1. The average Bonchev–Trinajstić information content (AvgIpc) is 2.59. The van der Waals surface area contributed by atoms with Gasteiger partial charge in [0, 0.05) is 6.21 Å². The van der Waals surface area contributed by atoms with Gasteiger partial charge in [-0.25, -0.2) is 9.50 Å². The minimum absolute atomic E-state index is 0.478. The largest absolute Gasteiger partial charge is 0.397 e. The van der Waals surface area contributed by atoms with Gasteiger partial charge in [-0.3, -0.25) is 0 Å². The van der Waals surface area contributed by atoms with Crippen molar-refractivity contribution in [3.05, 3.63) is 35.3 Å². The Morgan fingerprint density at radius 2 is 2.25 bits per heavy atom. The van der Waals surface area contributed by atoms with Crippen LogP contribution in [-0.4, -0.2) is 20.8 Å². The van der Waals surface area contributed by atoms with Crippen molar-refractivity contribution in [3.8, 4) is 0 Å². The lowest BCUT2D eigenvalue weighted by molar-refractivity contribution is 0.910. The Morgan fingerprint density at radius 1 is 1.50 bits per heavy atom. The molecule has 0 aromatic carbocycles. The van der Waals surface area contributed by atoms with Crippen molar-refractivity contribution in [2.75, 3.05) is 0 Å². The molecule has 0 atom stereocenters. The molecular weight excluding hydrogens is 202 g/mol. The first-order valence-corrected chi connectivity index (χ1v) is 4.92. The highest BCUT2D eigenvalue weighted by Crippen LogP contribution is 2.13. The summed E-state index contributed by atoms with van der Waals surface area (Å²) in [7, 11) is 0. The van der Waals surface area contributed by atoms with Crippen LogP contribution in [0.4, 0.5) is 0 Å². The fraction of sp³-hybridized carbons (Fsp3) is 0.182. The Hall–Kier alpha value is -2.17. The third kappa shape index (κ3) is 1.67. The fourth-order valence-electron chi connectivity index (χ4n) is 1.56. The van der Waals surface area contributed by atoms with E-state index in [9.17, 15) is 0 Å². The van der Waals surface area contributed by atoms with Gasteiger partial charge in [0.05, 0.1) is 17.6 Å². The highest BCUT2D eigenvalue weighted by molar-refractivity contribution is 5.80. The second-order valence-electron chi connectivity index (χ2n) is 3.65. The van der Waals surface area contributed by atoms with E-state index in [4.69, 9.17) is 11.1 Å². The summed E-state index contributed by atoms with van der Waals surface area (Å²) < 4.78 is 1.71. The number of aromatic nitrogens is 3. The molecule has 0 radical (unpaired) electrons. The molecule has 0 aliphatic rings. The van der Waals surface area contributed by atoms with Gasteiger partial charge in [-0.1, -0.05) is 0 Å². The molecule has 3 N–H and O–H groups in total. The Balaban J connectivity index is 2.66. The molecule has 0 bridgehead atoms. The van der Waals surface area contributed by atoms with Gasteiger partial charge in [-0.05, 0) is 31.6 Å². The molecule has 0 saturated heterocycles. The smallest absolute Gasteiger partial charge is 0.156 e. The predicted octanol–water partition coefficient (Wildman–Crippen LogP) is 1.30. The lowest BCUT2D eigenvalue weighted by Crippen LogP contribution is -2.04. The number of nitrogens with two attached hydrogens (primary N) is 1. The van der Waals surface area contributed by atoms with Crippen LogP contribution >= 0.6 is 0 Å². The quantitative estimate of drug-likeness (QED) is 0.741. The van der Waals surface area contributed by atoms with E-state index in [0.717, 1.165) is 23.1 Å². The van der Waals surface area contributed by atoms with Crippen LogP contribution in [0.15, 0.2) is 18.3 Å². The number of imidazole rings is 1. The molecule has 0 aliphatic heterocycles. The number of nitrogens with zero attached hydrogens (tertiary/aromatic N) is 3. The maximum Gasteiger partial charge on any atom is 0.156 e. The highest BCUT2D eigenvalue weighted by atomic mass is 15.3. The summed E-state index contributed by atoms with van der Waals surface area (Å²) in [5.74, 6) is 0. The van der Waals surface area contributed by atoms with Crippen molar-refractivity contribution in [2.24, 2.45) is 5.73 Å². The Labute approximate surface area is 93.1 Å². The molecule has 82 valence electrons. The van der Waals surface area contributed by atoms with Crippen LogP contribution in [0.3, 0.4) is 0 Å². The average molecular weight is 215 g/mol. The van der Waals surface area contributed by atoms with Gasteiger partial charge in [0.1, 0.15) is 5.69 Å². The molecule has 0 saturated carbocycles. The number of hydrogen-bond donors (Lipinski definition) is 2. The summed E-state index contributed by atoms with van der Waals surface area (Å²) in [4.78, 5) is 4.35. The van der Waals surface area contributed by atoms with Gasteiger partial charge in [-0.2, -0.15) is 5.10 Å². The third-order valence-electron chi connectivity index (χ3n) is 2.29. The third-order valence-corrected chi connectivity index (χ3v) is 2.29. The van der Waals surface area contributed by atoms with Crippen molar-refractivity contribution in [2.45, 2.75) is 13.8 Å². The van der Waals surface area contributed by atoms with Crippen molar-refractivity contribution < 1.29 is 0 Å². The fourth-order valence-corrected chi connectivity index (χ4v) is 1.56. The van der Waals surface area contributed by atoms with Gasteiger partial charge in [-0.15, -0.1) is 0 Å². The molecule has 0 fully saturated rings. The first-order valence-electron chi connectivity index (χ1n) is 4.92. The molecule has 0 unspecified atom stereocenters. The van der Waals surface area contributed by atoms with Crippen molar-refractivity contribution >= 4 is 17.6 Å². The monoisotopic (exact) mass is 215 g/mol. The van der Waals surface area contributed by atoms with E-state index in [2.05, 4.69) is 10.1 Å². The first-order chi connectivity index (χ1) is 7.61. The van der Waals surface area contributed by atoms with E-state index in [1.807, 2.05) is 26.1 Å². The topological polar surface area (TPSA) is 80.1 Å². The zero-order valence-corrected chi connectivity index (χ0v) is 9.23. The summed E-state index contributed by atoms with van der Waals surface area (Å²) >= 11 is 0. The normalized spacial score (nSPS) is 12.0. The molecule has 2 aromatic rings. The van der Waals surface area contributed by atoms with E-state index >= 15 is 0 Å². The highest BCUT2D eigenvalue weighted by Gasteiger charge is 2.06. The van der Waals surface area contributed by atoms with Crippen molar-refractivity contribution in [1.82, 2.24) is 14.6 Å². The Morgan fingerprint density at radius 3 is 2.94 bits per heavy atom. The molecule has 0 spiro atoms. The molecule has 2 aromatic heterocycles. The standard InChI is InChI=1S/C11H13N5/c1-7-5-10(9(13)3-4-12)15-16-6-8(2)14-11(7)16/h3-6,12H,13H2,1-2H3/b9-3-,12-4?. The van der Waals surface area contributed by atoms with E-state index in [1.54, 1.807) is 4.52 Å². The van der Waals surface area contributed by atoms with E-state index in [-0.39, 0.29) is 0 Å². The summed E-state index contributed by atoms with van der Waals surface area (Å²) in [6.45, 7) is 3.88. The summed E-state index contributed by atoms with van der Waals surface area (Å²) in [5.41, 5.74) is 9.69. The molecule has 5 nitrogen and oxygen atoms in total. The molecule has 0 amide bonds. The summed E-state index contributed by atoms with van der Waals surface area (Å²) in [6, 6.07) is 1.87. The molecular formula is C11H13N5. The number of aryl methyl sites for hydroxylation is 2. The van der Waals surface area contributed by atoms with Crippen molar-refractivity contribution in [3.63, 3.8) is 0 Å². The van der Waals surface area contributed by atoms with Gasteiger partial charge in [0.25, 0.3) is 0 Å². The van der Waals surface area contributed by atoms with Crippen LogP contribution in [-0.2, 0) is 0 Å². The van der Waals surface area contributed by atoms with Crippen LogP contribution in [0.5, 0.6) is 0 Å². The van der Waals surface area contributed by atoms with Crippen LogP contribution in [0.25, 0.3) is 11.3 Å². The number of rotatable bonds is 2. The number of hydrogen-bond acceptors (Lipinski definition) is 4. The Bertz CT molecular complexity index is 579. The van der Waals surface area contributed by atoms with Crippen molar-refractivity contribution in [1.29, 1.82) is 5.41 Å². The van der Waals surface area contributed by atoms with Gasteiger partial charge in [0.15, 0.2) is 5.65 Å². The second-order valence-corrected chi connectivity index (χ2v) is 3.65. The lowest BCUT2D eigenvalue weighted by atomic mass is 10.2. The van der Waals surface area contributed by atoms with Gasteiger partial charge >= 0.3 is 0 Å². The van der Waals surface area contributed by atoms with E-state index < -0.39 is 0 Å².